The molecule has 110 valence electrons. The zero-order chi connectivity index (χ0) is 14.1. The molecule has 1 aromatic heterocycles. The summed E-state index contributed by atoms with van der Waals surface area (Å²) >= 11 is 5.80. The normalized spacial score (nSPS) is 29.6. The summed E-state index contributed by atoms with van der Waals surface area (Å²) in [5.74, 6) is 2.58. The molecule has 1 amide bonds. The van der Waals surface area contributed by atoms with Gasteiger partial charge in [0.25, 0.3) is 0 Å². The SMILES string of the molecule is C[C@@H](NC(=O)CCn1cc(Cl)cn1)[C@@H]1C[C@@H]2CC[C@@H]1C2. The van der Waals surface area contributed by atoms with Crippen LogP contribution in [0.15, 0.2) is 12.4 Å². The summed E-state index contributed by atoms with van der Waals surface area (Å²) in [6.45, 7) is 2.75. The van der Waals surface area contributed by atoms with Gasteiger partial charge in [-0.1, -0.05) is 18.0 Å². The molecule has 1 heterocycles. The summed E-state index contributed by atoms with van der Waals surface area (Å²) in [6.07, 6.45) is 9.26. The highest BCUT2D eigenvalue weighted by atomic mass is 35.5. The number of hydrogen-bond donors (Lipinski definition) is 1. The van der Waals surface area contributed by atoms with Crippen molar-refractivity contribution in [1.82, 2.24) is 15.1 Å². The maximum Gasteiger partial charge on any atom is 0.222 e. The highest BCUT2D eigenvalue weighted by Crippen LogP contribution is 2.49. The van der Waals surface area contributed by atoms with Gasteiger partial charge in [0.2, 0.25) is 5.91 Å². The van der Waals surface area contributed by atoms with E-state index < -0.39 is 0 Å². The van der Waals surface area contributed by atoms with Crippen LogP contribution in [0.4, 0.5) is 0 Å². The van der Waals surface area contributed by atoms with Crippen LogP contribution in [0.1, 0.15) is 39.0 Å². The van der Waals surface area contributed by atoms with Gasteiger partial charge in [0.1, 0.15) is 0 Å². The van der Waals surface area contributed by atoms with E-state index in [1.807, 2.05) is 0 Å². The Kier molecular flexibility index (Phi) is 4.01. The highest BCUT2D eigenvalue weighted by molar-refractivity contribution is 6.30. The zero-order valence-corrected chi connectivity index (χ0v) is 12.6. The van der Waals surface area contributed by atoms with Crippen LogP contribution in [0, 0.1) is 17.8 Å². The fraction of sp³-hybridized carbons (Fsp3) is 0.733. The van der Waals surface area contributed by atoms with Crippen LogP contribution < -0.4 is 5.32 Å². The van der Waals surface area contributed by atoms with Gasteiger partial charge in [-0.05, 0) is 43.9 Å². The molecule has 2 aliphatic rings. The minimum atomic E-state index is 0.117. The van der Waals surface area contributed by atoms with E-state index in [1.165, 1.54) is 25.7 Å². The van der Waals surface area contributed by atoms with Crippen LogP contribution in [-0.4, -0.2) is 21.7 Å². The second kappa shape index (κ2) is 5.76. The van der Waals surface area contributed by atoms with Crippen LogP contribution in [0.25, 0.3) is 0 Å². The first kappa shape index (κ1) is 13.9. The Hall–Kier alpha value is -1.03. The molecule has 0 unspecified atom stereocenters. The zero-order valence-electron chi connectivity index (χ0n) is 11.9. The van der Waals surface area contributed by atoms with Gasteiger partial charge in [-0.15, -0.1) is 0 Å². The molecule has 5 heteroatoms. The van der Waals surface area contributed by atoms with Gasteiger partial charge in [-0.2, -0.15) is 5.10 Å². The molecule has 0 aliphatic heterocycles. The number of fused-ring (bicyclic) bond motifs is 2. The summed E-state index contributed by atoms with van der Waals surface area (Å²) in [5.41, 5.74) is 0. The Morgan fingerprint density at radius 3 is 3.00 bits per heavy atom. The number of nitrogens with one attached hydrogen (secondary N) is 1. The van der Waals surface area contributed by atoms with Crippen molar-refractivity contribution in [2.24, 2.45) is 17.8 Å². The van der Waals surface area contributed by atoms with Crippen LogP contribution in [0.2, 0.25) is 5.02 Å². The lowest BCUT2D eigenvalue weighted by atomic mass is 9.84. The van der Waals surface area contributed by atoms with E-state index in [0.717, 1.165) is 11.8 Å². The van der Waals surface area contributed by atoms with Gasteiger partial charge >= 0.3 is 0 Å². The minimum Gasteiger partial charge on any atom is -0.353 e. The molecule has 20 heavy (non-hydrogen) atoms. The second-order valence-electron chi connectivity index (χ2n) is 6.37. The van der Waals surface area contributed by atoms with E-state index in [-0.39, 0.29) is 5.91 Å². The molecule has 0 saturated heterocycles. The molecule has 0 aromatic carbocycles. The quantitative estimate of drug-likeness (QED) is 0.908. The second-order valence-corrected chi connectivity index (χ2v) is 6.80. The molecule has 2 saturated carbocycles. The predicted molar refractivity (Wildman–Crippen MR) is 78.4 cm³/mol. The minimum absolute atomic E-state index is 0.117. The Bertz CT molecular complexity index is 487. The number of carbonyl (C=O) groups is 1. The van der Waals surface area contributed by atoms with Crippen molar-refractivity contribution in [3.05, 3.63) is 17.4 Å². The fourth-order valence-electron chi connectivity index (χ4n) is 4.02. The van der Waals surface area contributed by atoms with Crippen LogP contribution in [0.3, 0.4) is 0 Å². The van der Waals surface area contributed by atoms with Gasteiger partial charge in [0, 0.05) is 25.2 Å². The summed E-state index contributed by atoms with van der Waals surface area (Å²) in [6, 6.07) is 0.305. The standard InChI is InChI=1S/C15H22ClN3O/c1-10(14-7-11-2-3-12(14)6-11)18-15(20)4-5-19-9-13(16)8-17-19/h8-12,14H,2-7H2,1H3,(H,18,20)/t10-,11-,12-,14+/m1/s1. The number of halogens is 1. The third-order valence-corrected chi connectivity index (χ3v) is 5.19. The topological polar surface area (TPSA) is 46.9 Å². The summed E-state index contributed by atoms with van der Waals surface area (Å²) in [5, 5.41) is 7.86. The van der Waals surface area contributed by atoms with E-state index in [1.54, 1.807) is 17.1 Å². The Balaban J connectivity index is 1.44. The first-order valence-corrected chi connectivity index (χ1v) is 7.97. The van der Waals surface area contributed by atoms with E-state index in [0.29, 0.717) is 29.9 Å². The molecule has 3 rings (SSSR count). The average molecular weight is 296 g/mol. The van der Waals surface area contributed by atoms with Crippen molar-refractivity contribution in [3.63, 3.8) is 0 Å². The lowest BCUT2D eigenvalue weighted by Gasteiger charge is -2.28. The molecule has 2 aliphatic carbocycles. The number of hydrogen-bond acceptors (Lipinski definition) is 2. The Labute approximate surface area is 124 Å². The number of aryl methyl sites for hydroxylation is 1. The average Bonchev–Trinajstić information content (AvgIpc) is 3.12. The highest BCUT2D eigenvalue weighted by Gasteiger charge is 2.41. The molecule has 2 fully saturated rings. The fourth-order valence-corrected chi connectivity index (χ4v) is 4.17. The Morgan fingerprint density at radius 2 is 2.40 bits per heavy atom. The lowest BCUT2D eigenvalue weighted by molar-refractivity contribution is -0.122. The number of carbonyl (C=O) groups excluding carboxylic acids is 1. The lowest BCUT2D eigenvalue weighted by Crippen LogP contribution is -2.40. The number of rotatable bonds is 5. The molecule has 2 bridgehead atoms. The van der Waals surface area contributed by atoms with Gasteiger partial charge in [0.05, 0.1) is 11.2 Å². The van der Waals surface area contributed by atoms with Crippen molar-refractivity contribution < 1.29 is 4.79 Å². The van der Waals surface area contributed by atoms with Crippen molar-refractivity contribution >= 4 is 17.5 Å². The third-order valence-electron chi connectivity index (χ3n) is 4.99. The van der Waals surface area contributed by atoms with Crippen molar-refractivity contribution in [3.8, 4) is 0 Å². The molecular formula is C15H22ClN3O. The van der Waals surface area contributed by atoms with E-state index in [4.69, 9.17) is 11.6 Å². The molecule has 1 aromatic rings. The third kappa shape index (κ3) is 3.00. The summed E-state index contributed by atoms with van der Waals surface area (Å²) in [4.78, 5) is 12.0. The number of amides is 1. The number of aromatic nitrogens is 2. The molecule has 4 atom stereocenters. The molecule has 4 nitrogen and oxygen atoms in total. The molecule has 0 spiro atoms. The number of nitrogens with zero attached hydrogens (tertiary/aromatic N) is 2. The first-order chi connectivity index (χ1) is 9.61. The summed E-state index contributed by atoms with van der Waals surface area (Å²) < 4.78 is 1.71. The van der Waals surface area contributed by atoms with Gasteiger partial charge in [0.15, 0.2) is 0 Å². The van der Waals surface area contributed by atoms with Crippen LogP contribution in [0.5, 0.6) is 0 Å². The molecule has 1 N–H and O–H groups in total. The maximum absolute atomic E-state index is 12.0. The van der Waals surface area contributed by atoms with Crippen molar-refractivity contribution in [1.29, 1.82) is 0 Å². The Morgan fingerprint density at radius 1 is 1.55 bits per heavy atom. The maximum atomic E-state index is 12.0. The molecular weight excluding hydrogens is 274 g/mol. The van der Waals surface area contributed by atoms with E-state index in [9.17, 15) is 4.79 Å². The van der Waals surface area contributed by atoms with Gasteiger partial charge in [-0.25, -0.2) is 0 Å². The van der Waals surface area contributed by atoms with E-state index >= 15 is 0 Å². The van der Waals surface area contributed by atoms with Gasteiger partial charge < -0.3 is 5.32 Å². The van der Waals surface area contributed by atoms with Gasteiger partial charge in [-0.3, -0.25) is 9.48 Å². The van der Waals surface area contributed by atoms with Crippen molar-refractivity contribution in [2.45, 2.75) is 51.6 Å². The van der Waals surface area contributed by atoms with E-state index in [2.05, 4.69) is 17.3 Å². The largest absolute Gasteiger partial charge is 0.353 e. The van der Waals surface area contributed by atoms with Crippen LogP contribution in [-0.2, 0) is 11.3 Å². The van der Waals surface area contributed by atoms with Crippen LogP contribution >= 0.6 is 11.6 Å². The smallest absolute Gasteiger partial charge is 0.222 e. The summed E-state index contributed by atoms with van der Waals surface area (Å²) in [7, 11) is 0. The predicted octanol–water partition coefficient (Wildman–Crippen LogP) is 2.87. The van der Waals surface area contributed by atoms with Crippen molar-refractivity contribution in [2.75, 3.05) is 0 Å². The monoisotopic (exact) mass is 295 g/mol. The molecule has 0 radical (unpaired) electrons. The first-order valence-electron chi connectivity index (χ1n) is 7.59.